The predicted octanol–water partition coefficient (Wildman–Crippen LogP) is 3.85. The molecule has 2 N–H and O–H groups in total. The van der Waals surface area contributed by atoms with Crippen LogP contribution in [0.25, 0.3) is 0 Å². The minimum atomic E-state index is -3.82. The topological polar surface area (TPSA) is 69.6 Å². The number of hydrogen-bond acceptors (Lipinski definition) is 3. The van der Waals surface area contributed by atoms with Crippen molar-refractivity contribution in [3.63, 3.8) is 0 Å². The van der Waals surface area contributed by atoms with Crippen molar-refractivity contribution in [1.29, 1.82) is 0 Å². The lowest BCUT2D eigenvalue weighted by molar-refractivity contribution is -0.164. The smallest absolute Gasteiger partial charge is 0.349 e. The van der Waals surface area contributed by atoms with Crippen LogP contribution in [0.3, 0.4) is 0 Å². The molecule has 0 aliphatic carbocycles. The number of alkyl halides is 2. The van der Waals surface area contributed by atoms with Crippen molar-refractivity contribution in [2.24, 2.45) is 0 Å². The molecule has 2 amide bonds. The zero-order chi connectivity index (χ0) is 22.1. The number of aliphatic hydroxyl groups is 1. The van der Waals surface area contributed by atoms with E-state index in [1.54, 1.807) is 13.8 Å². The first-order valence-corrected chi connectivity index (χ1v) is 9.64. The maximum Gasteiger partial charge on any atom is 0.349 e. The van der Waals surface area contributed by atoms with Gasteiger partial charge in [-0.05, 0) is 62.6 Å². The molecule has 2 atom stereocenters. The highest BCUT2D eigenvalue weighted by molar-refractivity contribution is 6.04. The molecule has 1 aliphatic rings. The summed E-state index contributed by atoms with van der Waals surface area (Å²) < 4.78 is 43.3. The Morgan fingerprint density at radius 3 is 2.60 bits per heavy atom. The number of benzene rings is 2. The minimum absolute atomic E-state index is 0.0425. The van der Waals surface area contributed by atoms with Gasteiger partial charge in [-0.2, -0.15) is 8.78 Å². The summed E-state index contributed by atoms with van der Waals surface area (Å²) in [5, 5.41) is 12.2. The molecule has 160 valence electrons. The first-order chi connectivity index (χ1) is 14.1. The van der Waals surface area contributed by atoms with Crippen molar-refractivity contribution in [1.82, 2.24) is 4.90 Å². The van der Waals surface area contributed by atoms with Gasteiger partial charge >= 0.3 is 5.92 Å². The number of halogens is 3. The van der Waals surface area contributed by atoms with E-state index in [-0.39, 0.29) is 24.9 Å². The Morgan fingerprint density at radius 2 is 1.93 bits per heavy atom. The van der Waals surface area contributed by atoms with Crippen LogP contribution in [0.1, 0.15) is 41.3 Å². The van der Waals surface area contributed by atoms with Crippen LogP contribution < -0.4 is 5.32 Å². The second kappa shape index (κ2) is 8.47. The Bertz CT molecular complexity index is 964. The summed E-state index contributed by atoms with van der Waals surface area (Å²) in [7, 11) is 0. The monoisotopic (exact) mass is 420 g/mol. The van der Waals surface area contributed by atoms with Gasteiger partial charge in [0.15, 0.2) is 0 Å². The molecule has 0 saturated carbocycles. The number of nitrogens with one attached hydrogen (secondary N) is 1. The largest absolute Gasteiger partial charge is 0.393 e. The summed E-state index contributed by atoms with van der Waals surface area (Å²) in [5.74, 6) is -6.25. The summed E-state index contributed by atoms with van der Waals surface area (Å²) >= 11 is 0. The molecule has 30 heavy (non-hydrogen) atoms. The third-order valence-electron chi connectivity index (χ3n) is 5.28. The number of piperidine rings is 1. The van der Waals surface area contributed by atoms with Crippen molar-refractivity contribution < 1.29 is 27.9 Å². The van der Waals surface area contributed by atoms with Gasteiger partial charge in [-0.25, -0.2) is 4.39 Å². The zero-order valence-corrected chi connectivity index (χ0v) is 16.7. The quantitative estimate of drug-likeness (QED) is 0.790. The standard InChI is InChI=1S/C22H23F3N2O3/c1-13-10-17(6-7-19(13)23)26-20(29)15-4-3-5-16(12-15)22(24,25)21(30)27-9-8-18(28)11-14(27)2/h3-7,10,12,14,18,28H,8-9,11H2,1-2H3,(H,26,29)/t14-,18+/m1/s1. The maximum absolute atomic E-state index is 14.9. The van der Waals surface area contributed by atoms with Gasteiger partial charge in [0, 0.05) is 29.4 Å². The fraction of sp³-hybridized carbons (Fsp3) is 0.364. The first kappa shape index (κ1) is 21.8. The van der Waals surface area contributed by atoms with Gasteiger partial charge in [-0.1, -0.05) is 12.1 Å². The summed E-state index contributed by atoms with van der Waals surface area (Å²) in [4.78, 5) is 26.1. The number of aliphatic hydroxyl groups excluding tert-OH is 1. The van der Waals surface area contributed by atoms with Gasteiger partial charge in [-0.15, -0.1) is 0 Å². The lowest BCUT2D eigenvalue weighted by Crippen LogP contribution is -2.51. The lowest BCUT2D eigenvalue weighted by atomic mass is 9.98. The normalized spacial score (nSPS) is 19.5. The van der Waals surface area contributed by atoms with Gasteiger partial charge in [0.1, 0.15) is 5.82 Å². The molecular weight excluding hydrogens is 397 g/mol. The van der Waals surface area contributed by atoms with Crippen LogP contribution in [0, 0.1) is 12.7 Å². The lowest BCUT2D eigenvalue weighted by Gasteiger charge is -2.37. The number of hydrogen-bond donors (Lipinski definition) is 2. The maximum atomic E-state index is 14.9. The van der Waals surface area contributed by atoms with E-state index in [4.69, 9.17) is 0 Å². The van der Waals surface area contributed by atoms with E-state index in [1.807, 2.05) is 0 Å². The zero-order valence-electron chi connectivity index (χ0n) is 16.7. The second-order valence-electron chi connectivity index (χ2n) is 7.60. The van der Waals surface area contributed by atoms with Gasteiger partial charge in [0.2, 0.25) is 0 Å². The van der Waals surface area contributed by atoms with Crippen molar-refractivity contribution in [3.8, 4) is 0 Å². The highest BCUT2D eigenvalue weighted by Gasteiger charge is 2.46. The first-order valence-electron chi connectivity index (χ1n) is 9.64. The molecule has 8 heteroatoms. The molecule has 0 spiro atoms. The van der Waals surface area contributed by atoms with Crippen molar-refractivity contribution in [3.05, 3.63) is 65.0 Å². The SMILES string of the molecule is Cc1cc(NC(=O)c2cccc(C(F)(F)C(=O)N3CC[C@H](O)C[C@H]3C)c2)ccc1F. The molecule has 1 saturated heterocycles. The average molecular weight is 420 g/mol. The number of amides is 2. The molecule has 0 radical (unpaired) electrons. The summed E-state index contributed by atoms with van der Waals surface area (Å²) in [5.41, 5.74) is 0.0186. The molecule has 0 unspecified atom stereocenters. The summed E-state index contributed by atoms with van der Waals surface area (Å²) in [6.45, 7) is 3.20. The van der Waals surface area contributed by atoms with Crippen LogP contribution in [0.2, 0.25) is 0 Å². The Hall–Kier alpha value is -2.87. The number of carbonyl (C=O) groups excluding carboxylic acids is 2. The molecule has 0 bridgehead atoms. The Balaban J connectivity index is 1.80. The molecule has 1 aliphatic heterocycles. The van der Waals surface area contributed by atoms with E-state index in [0.29, 0.717) is 11.3 Å². The van der Waals surface area contributed by atoms with Gasteiger partial charge in [0.25, 0.3) is 11.8 Å². The number of aryl methyl sites for hydroxylation is 1. The Kier molecular flexibility index (Phi) is 6.17. The van der Waals surface area contributed by atoms with Crippen molar-refractivity contribution in [2.45, 2.75) is 44.8 Å². The number of rotatable bonds is 4. The van der Waals surface area contributed by atoms with Crippen LogP contribution in [-0.4, -0.2) is 40.5 Å². The number of carbonyl (C=O) groups is 2. The van der Waals surface area contributed by atoms with Crippen LogP contribution >= 0.6 is 0 Å². The second-order valence-corrected chi connectivity index (χ2v) is 7.60. The van der Waals surface area contributed by atoms with E-state index < -0.39 is 41.3 Å². The highest BCUT2D eigenvalue weighted by Crippen LogP contribution is 2.33. The van der Waals surface area contributed by atoms with E-state index >= 15 is 0 Å². The van der Waals surface area contributed by atoms with E-state index in [1.165, 1.54) is 30.3 Å². The summed E-state index contributed by atoms with van der Waals surface area (Å²) in [6.07, 6.45) is -0.132. The molecule has 1 fully saturated rings. The fourth-order valence-electron chi connectivity index (χ4n) is 3.53. The van der Waals surface area contributed by atoms with Crippen LogP contribution in [-0.2, 0) is 10.7 Å². The van der Waals surface area contributed by atoms with Crippen molar-refractivity contribution >= 4 is 17.5 Å². The van der Waals surface area contributed by atoms with Gasteiger partial charge in [-0.3, -0.25) is 9.59 Å². The Morgan fingerprint density at radius 1 is 1.20 bits per heavy atom. The number of nitrogens with zero attached hydrogens (tertiary/aromatic N) is 1. The van der Waals surface area contributed by atoms with E-state index in [2.05, 4.69) is 5.32 Å². The molecule has 2 aromatic carbocycles. The molecule has 5 nitrogen and oxygen atoms in total. The third kappa shape index (κ3) is 4.48. The molecule has 2 aromatic rings. The highest BCUT2D eigenvalue weighted by atomic mass is 19.3. The molecule has 0 aromatic heterocycles. The van der Waals surface area contributed by atoms with Crippen molar-refractivity contribution in [2.75, 3.05) is 11.9 Å². The average Bonchev–Trinajstić information content (AvgIpc) is 2.70. The number of anilines is 1. The van der Waals surface area contributed by atoms with Crippen LogP contribution in [0.5, 0.6) is 0 Å². The van der Waals surface area contributed by atoms with E-state index in [0.717, 1.165) is 17.0 Å². The van der Waals surface area contributed by atoms with Crippen LogP contribution in [0.15, 0.2) is 42.5 Å². The number of likely N-dealkylation sites (tertiary alicyclic amines) is 1. The van der Waals surface area contributed by atoms with Gasteiger partial charge in [0.05, 0.1) is 6.10 Å². The Labute approximate surface area is 172 Å². The van der Waals surface area contributed by atoms with E-state index in [9.17, 15) is 27.9 Å². The predicted molar refractivity (Wildman–Crippen MR) is 106 cm³/mol. The molecule has 1 heterocycles. The summed E-state index contributed by atoms with van der Waals surface area (Å²) in [6, 6.07) is 8.20. The molecule has 3 rings (SSSR count). The van der Waals surface area contributed by atoms with Crippen LogP contribution in [0.4, 0.5) is 18.9 Å². The minimum Gasteiger partial charge on any atom is -0.393 e. The third-order valence-corrected chi connectivity index (χ3v) is 5.28. The van der Waals surface area contributed by atoms with Gasteiger partial charge < -0.3 is 15.3 Å². The molecular formula is C22H23F3N2O3. The fourth-order valence-corrected chi connectivity index (χ4v) is 3.53.